The first-order valence-corrected chi connectivity index (χ1v) is 10.9. The van der Waals surface area contributed by atoms with Gasteiger partial charge in [-0.15, -0.1) is 0 Å². The second-order valence-corrected chi connectivity index (χ2v) is 8.50. The van der Waals surface area contributed by atoms with Crippen molar-refractivity contribution in [2.45, 2.75) is 26.4 Å². The van der Waals surface area contributed by atoms with Gasteiger partial charge in [-0.05, 0) is 37.6 Å². The fourth-order valence-corrected chi connectivity index (χ4v) is 4.11. The van der Waals surface area contributed by atoms with Gasteiger partial charge in [0.15, 0.2) is 6.10 Å². The molecule has 0 aliphatic rings. The molecule has 3 aromatic rings. The molecular formula is C21H22N2O5S. The fraction of sp³-hybridized carbons (Fsp3) is 0.238. The monoisotopic (exact) mass is 414 g/mol. The molecule has 0 saturated carbocycles. The maximum Gasteiger partial charge on any atom is 0.338 e. The molecule has 1 unspecified atom stereocenters. The standard InChI is InChI=1S/C21H22N2O5S/c1-3-11-29(26,27)23-16-8-6-7-15(12-16)21(25)28-14(2)20(24)18-13-22-19-10-5-4-9-17(18)19/h4-10,12-14,22-23H,3,11H2,1-2H3. The minimum absolute atomic E-state index is 0.0160. The molecule has 0 fully saturated rings. The number of hydrogen-bond donors (Lipinski definition) is 2. The number of rotatable bonds is 8. The van der Waals surface area contributed by atoms with Gasteiger partial charge in [-0.25, -0.2) is 13.2 Å². The van der Waals surface area contributed by atoms with E-state index in [1.54, 1.807) is 25.3 Å². The summed E-state index contributed by atoms with van der Waals surface area (Å²) in [6, 6.07) is 13.3. The Morgan fingerprint density at radius 3 is 2.66 bits per heavy atom. The predicted molar refractivity (Wildman–Crippen MR) is 112 cm³/mol. The molecule has 7 nitrogen and oxygen atoms in total. The van der Waals surface area contributed by atoms with Crippen molar-refractivity contribution in [3.8, 4) is 0 Å². The number of nitrogens with one attached hydrogen (secondary N) is 2. The summed E-state index contributed by atoms with van der Waals surface area (Å²) in [4.78, 5) is 28.2. The SMILES string of the molecule is CCCS(=O)(=O)Nc1cccc(C(=O)OC(C)C(=O)c2c[nH]c3ccccc23)c1. The van der Waals surface area contributed by atoms with Crippen molar-refractivity contribution in [1.29, 1.82) is 0 Å². The van der Waals surface area contributed by atoms with Crippen molar-refractivity contribution in [2.75, 3.05) is 10.5 Å². The Labute approximate surface area is 169 Å². The number of para-hydroxylation sites is 1. The van der Waals surface area contributed by atoms with Gasteiger partial charge in [-0.1, -0.05) is 31.2 Å². The van der Waals surface area contributed by atoms with Gasteiger partial charge < -0.3 is 9.72 Å². The molecule has 3 rings (SSSR count). The van der Waals surface area contributed by atoms with Gasteiger partial charge in [-0.2, -0.15) is 0 Å². The summed E-state index contributed by atoms with van der Waals surface area (Å²) < 4.78 is 31.6. The van der Waals surface area contributed by atoms with Crippen molar-refractivity contribution in [1.82, 2.24) is 4.98 Å². The van der Waals surface area contributed by atoms with E-state index in [1.807, 2.05) is 24.3 Å². The summed E-state index contributed by atoms with van der Waals surface area (Å²) in [6.07, 6.45) is 1.08. The second-order valence-electron chi connectivity index (χ2n) is 6.66. The molecule has 2 N–H and O–H groups in total. The first-order chi connectivity index (χ1) is 13.8. The molecule has 8 heteroatoms. The van der Waals surface area contributed by atoms with E-state index in [4.69, 9.17) is 4.74 Å². The molecule has 1 atom stereocenters. The van der Waals surface area contributed by atoms with E-state index in [0.717, 1.165) is 10.9 Å². The van der Waals surface area contributed by atoms with Crippen LogP contribution in [0.1, 0.15) is 41.0 Å². The van der Waals surface area contributed by atoms with Crippen molar-refractivity contribution in [2.24, 2.45) is 0 Å². The first kappa shape index (κ1) is 20.6. The summed E-state index contributed by atoms with van der Waals surface area (Å²) >= 11 is 0. The van der Waals surface area contributed by atoms with Crippen LogP contribution in [-0.2, 0) is 14.8 Å². The molecule has 0 aliphatic carbocycles. The van der Waals surface area contributed by atoms with Gasteiger partial charge >= 0.3 is 5.97 Å². The lowest BCUT2D eigenvalue weighted by Crippen LogP contribution is -2.24. The average Bonchev–Trinajstić information content (AvgIpc) is 3.11. The second kappa shape index (κ2) is 8.48. The number of esters is 1. The van der Waals surface area contributed by atoms with E-state index < -0.39 is 22.1 Å². The molecule has 0 bridgehead atoms. The summed E-state index contributed by atoms with van der Waals surface area (Å²) in [6.45, 7) is 3.27. The van der Waals surface area contributed by atoms with Crippen LogP contribution in [0.5, 0.6) is 0 Å². The van der Waals surface area contributed by atoms with Crippen molar-refractivity contribution < 1.29 is 22.7 Å². The minimum atomic E-state index is -3.47. The van der Waals surface area contributed by atoms with Crippen LogP contribution in [-0.4, -0.2) is 37.0 Å². The smallest absolute Gasteiger partial charge is 0.338 e. The van der Waals surface area contributed by atoms with E-state index in [9.17, 15) is 18.0 Å². The van der Waals surface area contributed by atoms with E-state index in [2.05, 4.69) is 9.71 Å². The van der Waals surface area contributed by atoms with Crippen molar-refractivity contribution in [3.63, 3.8) is 0 Å². The topological polar surface area (TPSA) is 105 Å². The number of anilines is 1. The number of benzene rings is 2. The molecule has 0 aliphatic heterocycles. The van der Waals surface area contributed by atoms with Crippen LogP contribution in [0, 0.1) is 0 Å². The Kier molecular flexibility index (Phi) is 6.03. The van der Waals surface area contributed by atoms with Gasteiger partial charge in [0.25, 0.3) is 0 Å². The Morgan fingerprint density at radius 1 is 1.14 bits per heavy atom. The van der Waals surface area contributed by atoms with E-state index in [0.29, 0.717) is 12.0 Å². The summed E-state index contributed by atoms with van der Waals surface area (Å²) in [5, 5.41) is 0.757. The average molecular weight is 414 g/mol. The number of fused-ring (bicyclic) bond motifs is 1. The minimum Gasteiger partial charge on any atom is -0.451 e. The zero-order valence-electron chi connectivity index (χ0n) is 16.1. The predicted octanol–water partition coefficient (Wildman–Crippen LogP) is 3.75. The van der Waals surface area contributed by atoms with Crippen molar-refractivity contribution in [3.05, 3.63) is 65.9 Å². The van der Waals surface area contributed by atoms with Crippen molar-refractivity contribution >= 4 is 38.4 Å². The Morgan fingerprint density at radius 2 is 1.90 bits per heavy atom. The van der Waals surface area contributed by atoms with Crippen LogP contribution in [0.4, 0.5) is 5.69 Å². The van der Waals surface area contributed by atoms with Crippen LogP contribution in [0.25, 0.3) is 10.9 Å². The van der Waals surface area contributed by atoms with Gasteiger partial charge in [-0.3, -0.25) is 9.52 Å². The van der Waals surface area contributed by atoms with E-state index >= 15 is 0 Å². The fourth-order valence-electron chi connectivity index (χ4n) is 2.99. The van der Waals surface area contributed by atoms with Crippen LogP contribution in [0.2, 0.25) is 0 Å². The zero-order valence-corrected chi connectivity index (χ0v) is 17.0. The third-order valence-corrected chi connectivity index (χ3v) is 5.84. The number of Topliss-reactive ketones (excluding diaryl/α,β-unsaturated/α-hetero) is 1. The lowest BCUT2D eigenvalue weighted by Gasteiger charge is -2.13. The number of carbonyl (C=O) groups excluding carboxylic acids is 2. The quantitative estimate of drug-likeness (QED) is 0.431. The molecule has 152 valence electrons. The summed E-state index contributed by atoms with van der Waals surface area (Å²) in [7, 11) is -3.47. The lowest BCUT2D eigenvalue weighted by molar-refractivity contribution is 0.0319. The molecular weight excluding hydrogens is 392 g/mol. The molecule has 1 heterocycles. The Balaban J connectivity index is 1.73. The molecule has 0 saturated heterocycles. The number of aromatic amines is 1. The first-order valence-electron chi connectivity index (χ1n) is 9.22. The number of sulfonamides is 1. The number of carbonyl (C=O) groups is 2. The Bertz CT molecular complexity index is 1150. The van der Waals surface area contributed by atoms with Gasteiger partial charge in [0, 0.05) is 28.4 Å². The lowest BCUT2D eigenvalue weighted by atomic mass is 10.1. The number of ether oxygens (including phenoxy) is 1. The van der Waals surface area contributed by atoms with Crippen LogP contribution >= 0.6 is 0 Å². The third-order valence-electron chi connectivity index (χ3n) is 4.35. The van der Waals surface area contributed by atoms with Gasteiger partial charge in [0.1, 0.15) is 0 Å². The highest BCUT2D eigenvalue weighted by Crippen LogP contribution is 2.21. The van der Waals surface area contributed by atoms with Crippen LogP contribution in [0.15, 0.2) is 54.7 Å². The molecule has 0 spiro atoms. The molecule has 29 heavy (non-hydrogen) atoms. The summed E-state index contributed by atoms with van der Waals surface area (Å²) in [5.41, 5.74) is 1.69. The molecule has 0 amide bonds. The van der Waals surface area contributed by atoms with E-state index in [-0.39, 0.29) is 22.8 Å². The normalized spacial score (nSPS) is 12.5. The number of aromatic nitrogens is 1. The zero-order chi connectivity index (χ0) is 21.0. The number of H-pyrrole nitrogens is 1. The van der Waals surface area contributed by atoms with Gasteiger partial charge in [0.2, 0.25) is 15.8 Å². The highest BCUT2D eigenvalue weighted by Gasteiger charge is 2.23. The Hall–Kier alpha value is -3.13. The highest BCUT2D eigenvalue weighted by atomic mass is 32.2. The maximum absolute atomic E-state index is 12.7. The number of ketones is 1. The maximum atomic E-state index is 12.7. The van der Waals surface area contributed by atoms with Gasteiger partial charge in [0.05, 0.1) is 11.3 Å². The van der Waals surface area contributed by atoms with E-state index in [1.165, 1.54) is 19.1 Å². The van der Waals surface area contributed by atoms with Crippen LogP contribution < -0.4 is 4.72 Å². The largest absolute Gasteiger partial charge is 0.451 e. The molecule has 1 aromatic heterocycles. The third kappa shape index (κ3) is 4.83. The number of hydrogen-bond acceptors (Lipinski definition) is 5. The van der Waals surface area contributed by atoms with Crippen LogP contribution in [0.3, 0.4) is 0 Å². The summed E-state index contributed by atoms with van der Waals surface area (Å²) in [5.74, 6) is -1.05. The molecule has 2 aromatic carbocycles. The highest BCUT2D eigenvalue weighted by molar-refractivity contribution is 7.92. The molecule has 0 radical (unpaired) electrons.